The molecule has 1 aliphatic carbocycles. The Balaban J connectivity index is 1.93. The lowest BCUT2D eigenvalue weighted by atomic mass is 10.3. The van der Waals surface area contributed by atoms with Gasteiger partial charge in [-0.05, 0) is 58.1 Å². The van der Waals surface area contributed by atoms with Crippen LogP contribution in [0.1, 0.15) is 25.5 Å². The first-order valence-corrected chi connectivity index (χ1v) is 7.25. The summed E-state index contributed by atoms with van der Waals surface area (Å²) in [6, 6.07) is 5.31. The predicted molar refractivity (Wildman–Crippen MR) is 79.9 cm³/mol. The third-order valence-corrected chi connectivity index (χ3v) is 4.34. The van der Waals surface area contributed by atoms with Gasteiger partial charge in [-0.3, -0.25) is 9.47 Å². The quantitative estimate of drug-likeness (QED) is 0.872. The number of aromatic nitrogens is 3. The molecule has 1 N–H and O–H groups in total. The molecule has 1 aliphatic rings. The molecule has 2 heterocycles. The number of imidazole rings is 1. The third-order valence-electron chi connectivity index (χ3n) is 4.02. The second kappa shape index (κ2) is 4.72. The Labute approximate surface area is 118 Å². The number of aromatic amines is 1. The Morgan fingerprint density at radius 1 is 1.53 bits per heavy atom. The van der Waals surface area contributed by atoms with Crippen molar-refractivity contribution < 1.29 is 0 Å². The van der Waals surface area contributed by atoms with E-state index in [1.54, 1.807) is 0 Å². The van der Waals surface area contributed by atoms with Gasteiger partial charge in [-0.25, -0.2) is 4.98 Å². The van der Waals surface area contributed by atoms with Gasteiger partial charge in [-0.15, -0.1) is 0 Å². The Morgan fingerprint density at radius 2 is 2.26 bits per heavy atom. The molecule has 0 spiro atoms. The molecule has 3 rings (SSSR count). The molecule has 0 amide bonds. The van der Waals surface area contributed by atoms with Gasteiger partial charge in [0, 0.05) is 24.3 Å². The summed E-state index contributed by atoms with van der Waals surface area (Å²) in [5.74, 6) is 0. The smallest absolute Gasteiger partial charge is 0.179 e. The molecule has 0 bridgehead atoms. The first-order chi connectivity index (χ1) is 9.06. The van der Waals surface area contributed by atoms with Crippen molar-refractivity contribution in [2.24, 2.45) is 0 Å². The molecular formula is C14H20N4S. The van der Waals surface area contributed by atoms with Crippen molar-refractivity contribution in [1.82, 2.24) is 19.4 Å². The van der Waals surface area contributed by atoms with Gasteiger partial charge in [0.15, 0.2) is 10.4 Å². The summed E-state index contributed by atoms with van der Waals surface area (Å²) in [7, 11) is 2.21. The van der Waals surface area contributed by atoms with E-state index in [0.29, 0.717) is 6.04 Å². The Morgan fingerprint density at radius 3 is 2.95 bits per heavy atom. The van der Waals surface area contributed by atoms with E-state index in [4.69, 9.17) is 12.2 Å². The number of aryl methyl sites for hydroxylation is 1. The SMILES string of the molecule is Cc1ccc2[nH]c(=S)n(CC(C)N(C)C3CC3)c2n1. The number of pyridine rings is 1. The molecule has 0 saturated heterocycles. The highest BCUT2D eigenvalue weighted by molar-refractivity contribution is 7.71. The van der Waals surface area contributed by atoms with Crippen molar-refractivity contribution in [1.29, 1.82) is 0 Å². The monoisotopic (exact) mass is 276 g/mol. The van der Waals surface area contributed by atoms with Gasteiger partial charge in [0.1, 0.15) is 0 Å². The molecule has 1 saturated carbocycles. The summed E-state index contributed by atoms with van der Waals surface area (Å²) in [4.78, 5) is 10.3. The van der Waals surface area contributed by atoms with Crippen LogP contribution in [0.3, 0.4) is 0 Å². The van der Waals surface area contributed by atoms with Crippen molar-refractivity contribution in [3.05, 3.63) is 22.6 Å². The maximum atomic E-state index is 5.43. The van der Waals surface area contributed by atoms with Gasteiger partial charge >= 0.3 is 0 Å². The van der Waals surface area contributed by atoms with Gasteiger partial charge in [0.25, 0.3) is 0 Å². The number of fused-ring (bicyclic) bond motifs is 1. The van der Waals surface area contributed by atoms with E-state index in [-0.39, 0.29) is 0 Å². The molecule has 1 atom stereocenters. The van der Waals surface area contributed by atoms with Crippen LogP contribution in [0.5, 0.6) is 0 Å². The summed E-state index contributed by atoms with van der Waals surface area (Å²) in [6.07, 6.45) is 2.66. The summed E-state index contributed by atoms with van der Waals surface area (Å²) in [5, 5.41) is 0. The number of likely N-dealkylation sites (N-methyl/N-ethyl adjacent to an activating group) is 1. The average Bonchev–Trinajstić information content (AvgIpc) is 3.17. The fraction of sp³-hybridized carbons (Fsp3) is 0.571. The van der Waals surface area contributed by atoms with E-state index in [9.17, 15) is 0 Å². The Bertz CT molecular complexity index is 653. The lowest BCUT2D eigenvalue weighted by Gasteiger charge is -2.24. The number of nitrogens with zero attached hydrogens (tertiary/aromatic N) is 3. The number of rotatable bonds is 4. The van der Waals surface area contributed by atoms with Crippen LogP contribution in [0.2, 0.25) is 0 Å². The maximum Gasteiger partial charge on any atom is 0.179 e. The standard InChI is InChI=1S/C14H20N4S/c1-9-4-7-12-13(15-9)18(14(19)16-12)8-10(2)17(3)11-5-6-11/h4,7,10-11H,5-6,8H2,1-3H3,(H,16,19). The van der Waals surface area contributed by atoms with Gasteiger partial charge in [0.05, 0.1) is 5.52 Å². The maximum absolute atomic E-state index is 5.43. The van der Waals surface area contributed by atoms with Crippen LogP contribution >= 0.6 is 12.2 Å². The zero-order valence-corrected chi connectivity index (χ0v) is 12.5. The molecule has 2 aromatic rings. The largest absolute Gasteiger partial charge is 0.329 e. The van der Waals surface area contributed by atoms with E-state index >= 15 is 0 Å². The summed E-state index contributed by atoms with van der Waals surface area (Å²) in [5.41, 5.74) is 3.02. The van der Waals surface area contributed by atoms with Crippen molar-refractivity contribution in [2.45, 2.75) is 45.3 Å². The summed E-state index contributed by atoms with van der Waals surface area (Å²) < 4.78 is 2.89. The normalized spacial score (nSPS) is 17.3. The van der Waals surface area contributed by atoms with E-state index in [0.717, 1.165) is 34.2 Å². The minimum atomic E-state index is 0.473. The van der Waals surface area contributed by atoms with Crippen molar-refractivity contribution in [2.75, 3.05) is 7.05 Å². The number of nitrogens with one attached hydrogen (secondary N) is 1. The number of H-pyrrole nitrogens is 1. The van der Waals surface area contributed by atoms with Crippen LogP contribution in [0.25, 0.3) is 11.2 Å². The van der Waals surface area contributed by atoms with Crippen molar-refractivity contribution in [3.8, 4) is 0 Å². The van der Waals surface area contributed by atoms with Crippen LogP contribution < -0.4 is 0 Å². The van der Waals surface area contributed by atoms with Crippen molar-refractivity contribution >= 4 is 23.4 Å². The molecule has 0 radical (unpaired) electrons. The second-order valence-electron chi connectivity index (χ2n) is 5.61. The molecule has 4 nitrogen and oxygen atoms in total. The summed E-state index contributed by atoms with van der Waals surface area (Å²) >= 11 is 5.43. The van der Waals surface area contributed by atoms with Gasteiger partial charge < -0.3 is 4.98 Å². The van der Waals surface area contributed by atoms with Gasteiger partial charge in [-0.2, -0.15) is 0 Å². The lowest BCUT2D eigenvalue weighted by Crippen LogP contribution is -2.34. The minimum Gasteiger partial charge on any atom is -0.329 e. The molecule has 1 unspecified atom stereocenters. The lowest BCUT2D eigenvalue weighted by molar-refractivity contribution is 0.226. The van der Waals surface area contributed by atoms with Crippen LogP contribution in [0.15, 0.2) is 12.1 Å². The Kier molecular flexibility index (Phi) is 3.19. The fourth-order valence-electron chi connectivity index (χ4n) is 2.53. The van der Waals surface area contributed by atoms with Gasteiger partial charge in [-0.1, -0.05) is 0 Å². The molecule has 5 heteroatoms. The predicted octanol–water partition coefficient (Wildman–Crippen LogP) is 2.89. The molecule has 0 aliphatic heterocycles. The molecule has 19 heavy (non-hydrogen) atoms. The molecular weight excluding hydrogens is 256 g/mol. The van der Waals surface area contributed by atoms with Crippen LogP contribution in [0, 0.1) is 11.7 Å². The highest BCUT2D eigenvalue weighted by atomic mass is 32.1. The number of hydrogen-bond donors (Lipinski definition) is 1. The van der Waals surface area contributed by atoms with Crippen molar-refractivity contribution in [3.63, 3.8) is 0 Å². The highest BCUT2D eigenvalue weighted by Gasteiger charge is 2.29. The fourth-order valence-corrected chi connectivity index (χ4v) is 2.80. The minimum absolute atomic E-state index is 0.473. The van der Waals surface area contributed by atoms with E-state index in [1.807, 2.05) is 13.0 Å². The summed E-state index contributed by atoms with van der Waals surface area (Å²) in [6.45, 7) is 5.16. The van der Waals surface area contributed by atoms with Crippen LogP contribution in [-0.4, -0.2) is 38.6 Å². The van der Waals surface area contributed by atoms with Crippen LogP contribution in [-0.2, 0) is 6.54 Å². The van der Waals surface area contributed by atoms with E-state index in [2.05, 4.69) is 39.5 Å². The molecule has 0 aromatic carbocycles. The Hall–Kier alpha value is -1.20. The zero-order chi connectivity index (χ0) is 13.6. The zero-order valence-electron chi connectivity index (χ0n) is 11.7. The van der Waals surface area contributed by atoms with Crippen LogP contribution in [0.4, 0.5) is 0 Å². The van der Waals surface area contributed by atoms with E-state index in [1.165, 1.54) is 12.8 Å². The topological polar surface area (TPSA) is 36.9 Å². The number of hydrogen-bond acceptors (Lipinski definition) is 3. The highest BCUT2D eigenvalue weighted by Crippen LogP contribution is 2.27. The van der Waals surface area contributed by atoms with E-state index < -0.39 is 0 Å². The second-order valence-corrected chi connectivity index (χ2v) is 6.00. The average molecular weight is 276 g/mol. The first-order valence-electron chi connectivity index (χ1n) is 6.84. The molecule has 102 valence electrons. The molecule has 2 aromatic heterocycles. The van der Waals surface area contributed by atoms with Gasteiger partial charge in [0.2, 0.25) is 0 Å². The third kappa shape index (κ3) is 2.44. The first kappa shape index (κ1) is 12.8. The molecule has 1 fully saturated rings.